The first-order valence-corrected chi connectivity index (χ1v) is 9.06. The second-order valence-corrected chi connectivity index (χ2v) is 8.07. The van der Waals surface area contributed by atoms with Gasteiger partial charge in [0, 0.05) is 16.2 Å². The van der Waals surface area contributed by atoms with Crippen molar-refractivity contribution >= 4 is 45.3 Å². The minimum Gasteiger partial charge on any atom is -0.455 e. The molecule has 1 aliphatic heterocycles. The first-order valence-electron chi connectivity index (χ1n) is 9.06. The predicted molar refractivity (Wildman–Crippen MR) is 107 cm³/mol. The van der Waals surface area contributed by atoms with Crippen LogP contribution in [0.25, 0.3) is 32.7 Å². The van der Waals surface area contributed by atoms with Gasteiger partial charge in [0.2, 0.25) is 0 Å². The molecule has 1 aromatic heterocycles. The van der Waals surface area contributed by atoms with Gasteiger partial charge >= 0.3 is 7.12 Å². The fourth-order valence-electron chi connectivity index (χ4n) is 3.74. The highest BCUT2D eigenvalue weighted by Gasteiger charge is 2.52. The van der Waals surface area contributed by atoms with Crippen LogP contribution in [-0.2, 0) is 9.31 Å². The van der Waals surface area contributed by atoms with Crippen molar-refractivity contribution in [3.05, 3.63) is 54.6 Å². The van der Waals surface area contributed by atoms with Crippen LogP contribution in [0.15, 0.2) is 59.0 Å². The summed E-state index contributed by atoms with van der Waals surface area (Å²) in [4.78, 5) is 0. The fourth-order valence-corrected chi connectivity index (χ4v) is 3.74. The molecule has 1 saturated heterocycles. The summed E-state index contributed by atoms with van der Waals surface area (Å²) in [6.07, 6.45) is 0. The van der Waals surface area contributed by atoms with Crippen LogP contribution < -0.4 is 5.46 Å². The van der Waals surface area contributed by atoms with Gasteiger partial charge < -0.3 is 13.7 Å². The zero-order chi connectivity index (χ0) is 18.1. The van der Waals surface area contributed by atoms with Crippen molar-refractivity contribution in [2.75, 3.05) is 0 Å². The van der Waals surface area contributed by atoms with E-state index in [0.29, 0.717) is 0 Å². The Balaban J connectivity index is 1.74. The van der Waals surface area contributed by atoms with Crippen LogP contribution >= 0.6 is 0 Å². The third-order valence-electron chi connectivity index (χ3n) is 5.94. The molecule has 1 aliphatic rings. The van der Waals surface area contributed by atoms with E-state index in [1.165, 1.54) is 0 Å². The van der Waals surface area contributed by atoms with E-state index in [1.807, 2.05) is 18.2 Å². The van der Waals surface area contributed by atoms with E-state index in [4.69, 9.17) is 13.7 Å². The third kappa shape index (κ3) is 2.09. The molecule has 130 valence electrons. The highest BCUT2D eigenvalue weighted by molar-refractivity contribution is 6.65. The molecule has 0 amide bonds. The lowest BCUT2D eigenvalue weighted by atomic mass is 9.76. The molecule has 3 nitrogen and oxygen atoms in total. The Morgan fingerprint density at radius 3 is 2.04 bits per heavy atom. The number of furan rings is 1. The van der Waals surface area contributed by atoms with E-state index in [0.717, 1.165) is 38.2 Å². The lowest BCUT2D eigenvalue weighted by Gasteiger charge is -2.32. The summed E-state index contributed by atoms with van der Waals surface area (Å²) < 4.78 is 18.7. The minimum absolute atomic E-state index is 0.358. The maximum atomic E-state index is 6.28. The van der Waals surface area contributed by atoms with Crippen molar-refractivity contribution in [1.82, 2.24) is 0 Å². The van der Waals surface area contributed by atoms with Gasteiger partial charge in [-0.1, -0.05) is 42.5 Å². The fraction of sp³-hybridized carbons (Fsp3) is 0.273. The zero-order valence-corrected chi connectivity index (χ0v) is 15.5. The highest BCUT2D eigenvalue weighted by atomic mass is 16.7. The van der Waals surface area contributed by atoms with Crippen molar-refractivity contribution in [2.45, 2.75) is 38.9 Å². The Morgan fingerprint density at radius 2 is 1.27 bits per heavy atom. The summed E-state index contributed by atoms with van der Waals surface area (Å²) in [5.74, 6) is 0. The van der Waals surface area contributed by atoms with E-state index in [-0.39, 0.29) is 18.3 Å². The molecular formula is C22H21BO3. The van der Waals surface area contributed by atoms with Gasteiger partial charge in [-0.2, -0.15) is 0 Å². The zero-order valence-electron chi connectivity index (χ0n) is 15.5. The first-order chi connectivity index (χ1) is 12.4. The predicted octanol–water partition coefficient (Wildman–Crippen LogP) is 5.04. The Kier molecular flexibility index (Phi) is 3.14. The van der Waals surface area contributed by atoms with Gasteiger partial charge in [-0.05, 0) is 50.7 Å². The Morgan fingerprint density at radius 1 is 0.654 bits per heavy atom. The molecule has 0 aliphatic carbocycles. The molecule has 2 heterocycles. The molecule has 0 atom stereocenters. The number of fused-ring (bicyclic) bond motifs is 5. The second kappa shape index (κ2) is 5.12. The van der Waals surface area contributed by atoms with E-state index < -0.39 is 0 Å². The number of hydrogen-bond acceptors (Lipinski definition) is 3. The molecule has 4 aromatic rings. The maximum Gasteiger partial charge on any atom is 0.495 e. The molecule has 1 fully saturated rings. The van der Waals surface area contributed by atoms with Gasteiger partial charge in [0.05, 0.1) is 11.2 Å². The number of rotatable bonds is 1. The van der Waals surface area contributed by atoms with Crippen molar-refractivity contribution < 1.29 is 13.7 Å². The number of hydrogen-bond donors (Lipinski definition) is 0. The Labute approximate surface area is 153 Å². The molecule has 0 saturated carbocycles. The molecule has 0 N–H and O–H groups in total. The van der Waals surface area contributed by atoms with E-state index in [9.17, 15) is 0 Å². The monoisotopic (exact) mass is 344 g/mol. The Hall–Kier alpha value is -2.30. The average molecular weight is 344 g/mol. The molecule has 0 bridgehead atoms. The molecule has 0 spiro atoms. The van der Waals surface area contributed by atoms with Gasteiger partial charge in [0.1, 0.15) is 11.2 Å². The smallest absolute Gasteiger partial charge is 0.455 e. The van der Waals surface area contributed by atoms with Crippen molar-refractivity contribution in [2.24, 2.45) is 0 Å². The lowest BCUT2D eigenvalue weighted by Crippen LogP contribution is -2.41. The highest BCUT2D eigenvalue weighted by Crippen LogP contribution is 2.38. The van der Waals surface area contributed by atoms with Crippen molar-refractivity contribution in [3.63, 3.8) is 0 Å². The van der Waals surface area contributed by atoms with Gasteiger partial charge in [0.25, 0.3) is 0 Å². The summed E-state index contributed by atoms with van der Waals surface area (Å²) in [5.41, 5.74) is 2.16. The summed E-state index contributed by atoms with van der Waals surface area (Å²) in [6.45, 7) is 8.32. The van der Waals surface area contributed by atoms with Crippen LogP contribution in [0.5, 0.6) is 0 Å². The summed E-state index contributed by atoms with van der Waals surface area (Å²) in [6, 6.07) is 18.7. The van der Waals surface area contributed by atoms with E-state index in [2.05, 4.69) is 64.1 Å². The normalized spacial score (nSPS) is 19.0. The lowest BCUT2D eigenvalue weighted by molar-refractivity contribution is 0.00578. The van der Waals surface area contributed by atoms with Gasteiger partial charge in [-0.3, -0.25) is 0 Å². The van der Waals surface area contributed by atoms with Gasteiger partial charge in [0.15, 0.2) is 0 Å². The summed E-state index contributed by atoms with van der Waals surface area (Å²) in [5, 5.41) is 4.48. The van der Waals surface area contributed by atoms with Crippen LogP contribution in [-0.4, -0.2) is 18.3 Å². The van der Waals surface area contributed by atoms with E-state index in [1.54, 1.807) is 0 Å². The molecule has 0 unspecified atom stereocenters. The molecule has 26 heavy (non-hydrogen) atoms. The average Bonchev–Trinajstić information content (AvgIpc) is 3.08. The van der Waals surface area contributed by atoms with Crippen LogP contribution in [0, 0.1) is 0 Å². The standard InChI is InChI=1S/C22H21BO3/c1-21(2)22(3,4)26-23(25-21)18-10-7-9-16-14(18)12-13-17-15-8-5-6-11-19(15)24-20(16)17/h5-13H,1-4H3. The van der Waals surface area contributed by atoms with Crippen LogP contribution in [0.4, 0.5) is 0 Å². The SMILES string of the molecule is CC1(C)OB(c2cccc3c2ccc2c4ccccc4oc32)OC1(C)C. The van der Waals surface area contributed by atoms with Gasteiger partial charge in [-0.25, -0.2) is 0 Å². The third-order valence-corrected chi connectivity index (χ3v) is 5.94. The first kappa shape index (κ1) is 15.9. The number of benzene rings is 3. The van der Waals surface area contributed by atoms with Crippen LogP contribution in [0.2, 0.25) is 0 Å². The summed E-state index contributed by atoms with van der Waals surface area (Å²) >= 11 is 0. The number of para-hydroxylation sites is 1. The quantitative estimate of drug-likeness (QED) is 0.454. The largest absolute Gasteiger partial charge is 0.495 e. The van der Waals surface area contributed by atoms with E-state index >= 15 is 0 Å². The Bertz CT molecular complexity index is 1140. The molecule has 4 heteroatoms. The maximum absolute atomic E-state index is 6.28. The van der Waals surface area contributed by atoms with Crippen LogP contribution in [0.3, 0.4) is 0 Å². The topological polar surface area (TPSA) is 31.6 Å². The molecule has 3 aromatic carbocycles. The molecule has 5 rings (SSSR count). The molecule has 0 radical (unpaired) electrons. The van der Waals surface area contributed by atoms with Crippen molar-refractivity contribution in [1.29, 1.82) is 0 Å². The minimum atomic E-state index is -0.384. The van der Waals surface area contributed by atoms with Gasteiger partial charge in [-0.15, -0.1) is 0 Å². The summed E-state index contributed by atoms with van der Waals surface area (Å²) in [7, 11) is -0.384. The second-order valence-electron chi connectivity index (χ2n) is 8.07. The van der Waals surface area contributed by atoms with Crippen LogP contribution in [0.1, 0.15) is 27.7 Å². The van der Waals surface area contributed by atoms with Crippen molar-refractivity contribution in [3.8, 4) is 0 Å². The molecular weight excluding hydrogens is 323 g/mol.